The predicted octanol–water partition coefficient (Wildman–Crippen LogP) is 2.25. The average molecular weight is 368 g/mol. The molecule has 0 aromatic heterocycles. The van der Waals surface area contributed by atoms with Gasteiger partial charge in [0.2, 0.25) is 17.7 Å². The molecular weight excluding hydrogens is 349 g/mol. The lowest BCUT2D eigenvalue weighted by Crippen LogP contribution is -2.54. The van der Waals surface area contributed by atoms with Crippen molar-refractivity contribution in [3.8, 4) is 0 Å². The molecule has 1 aromatic rings. The molecule has 0 unspecified atom stereocenters. The maximum atomic E-state index is 12.5. The summed E-state index contributed by atoms with van der Waals surface area (Å²) in [6.07, 6.45) is -3.23. The molecule has 3 amide bonds. The highest BCUT2D eigenvalue weighted by Gasteiger charge is 2.36. The lowest BCUT2D eigenvalue weighted by Gasteiger charge is -2.40. The van der Waals surface area contributed by atoms with E-state index >= 15 is 0 Å². The van der Waals surface area contributed by atoms with Crippen molar-refractivity contribution in [2.45, 2.75) is 31.9 Å². The van der Waals surface area contributed by atoms with Gasteiger partial charge in [-0.15, -0.1) is 0 Å². The van der Waals surface area contributed by atoms with Crippen molar-refractivity contribution in [1.29, 1.82) is 0 Å². The van der Waals surface area contributed by atoms with Crippen molar-refractivity contribution >= 4 is 17.7 Å². The number of benzene rings is 1. The summed E-state index contributed by atoms with van der Waals surface area (Å²) in [6.45, 7) is 1.37. The van der Waals surface area contributed by atoms with E-state index in [-0.39, 0.29) is 42.9 Å². The van der Waals surface area contributed by atoms with E-state index < -0.39 is 11.7 Å². The third-order valence-corrected chi connectivity index (χ3v) is 4.81. The van der Waals surface area contributed by atoms with Crippen molar-refractivity contribution in [2.75, 3.05) is 19.6 Å². The van der Waals surface area contributed by atoms with Crippen molar-refractivity contribution in [1.82, 2.24) is 9.80 Å². The minimum absolute atomic E-state index is 0.0692. The van der Waals surface area contributed by atoms with Crippen LogP contribution in [0.3, 0.4) is 0 Å². The summed E-state index contributed by atoms with van der Waals surface area (Å²) in [6, 6.07) is 4.81. The number of nitrogens with zero attached hydrogens (tertiary/aromatic N) is 2. The van der Waals surface area contributed by atoms with Crippen molar-refractivity contribution in [2.24, 2.45) is 5.92 Å². The van der Waals surface area contributed by atoms with Crippen LogP contribution in [0.15, 0.2) is 24.3 Å². The number of hydrogen-bond acceptors (Lipinski definition) is 3. The molecule has 0 aliphatic carbocycles. The van der Waals surface area contributed by atoms with Crippen LogP contribution in [0.1, 0.15) is 30.4 Å². The first-order valence-electron chi connectivity index (χ1n) is 8.51. The molecular formula is C18H19F3N2O3. The number of aryl methyl sites for hydroxylation is 1. The topological polar surface area (TPSA) is 57.7 Å². The summed E-state index contributed by atoms with van der Waals surface area (Å²) in [5.74, 6) is -0.264. The van der Waals surface area contributed by atoms with Crippen LogP contribution in [-0.2, 0) is 27.0 Å². The van der Waals surface area contributed by atoms with Gasteiger partial charge in [-0.25, -0.2) is 0 Å². The average Bonchev–Trinajstić information content (AvgIpc) is 2.86. The van der Waals surface area contributed by atoms with Crippen LogP contribution in [-0.4, -0.2) is 47.2 Å². The lowest BCUT2D eigenvalue weighted by atomic mass is 9.98. The van der Waals surface area contributed by atoms with Gasteiger partial charge in [0.15, 0.2) is 0 Å². The Morgan fingerprint density at radius 2 is 1.62 bits per heavy atom. The largest absolute Gasteiger partial charge is 0.416 e. The standard InChI is InChI=1S/C18H19F3N2O3/c19-18(20,21)14-4-1-12(2-5-14)3-6-15(24)22-9-13(10-22)11-23-16(25)7-8-17(23)26/h1-2,4-5,13H,3,6-11H2. The molecule has 8 heteroatoms. The van der Waals surface area contributed by atoms with Crippen LogP contribution < -0.4 is 0 Å². The number of likely N-dealkylation sites (tertiary alicyclic amines) is 2. The highest BCUT2D eigenvalue weighted by Crippen LogP contribution is 2.29. The molecule has 2 aliphatic rings. The fraction of sp³-hybridized carbons (Fsp3) is 0.500. The minimum Gasteiger partial charge on any atom is -0.342 e. The lowest BCUT2D eigenvalue weighted by molar-refractivity contribution is -0.143. The van der Waals surface area contributed by atoms with E-state index in [0.717, 1.165) is 12.1 Å². The van der Waals surface area contributed by atoms with Crippen molar-refractivity contribution in [3.63, 3.8) is 0 Å². The van der Waals surface area contributed by atoms with Crippen LogP contribution in [0.4, 0.5) is 13.2 Å². The Morgan fingerprint density at radius 3 is 2.15 bits per heavy atom. The van der Waals surface area contributed by atoms with E-state index in [1.54, 1.807) is 4.90 Å². The molecule has 0 N–H and O–H groups in total. The monoisotopic (exact) mass is 368 g/mol. The predicted molar refractivity (Wildman–Crippen MR) is 85.8 cm³/mol. The van der Waals surface area contributed by atoms with Crippen molar-refractivity contribution < 1.29 is 27.6 Å². The summed E-state index contributed by atoms with van der Waals surface area (Å²) < 4.78 is 37.6. The summed E-state index contributed by atoms with van der Waals surface area (Å²) >= 11 is 0. The number of carbonyl (C=O) groups is 3. The molecule has 2 fully saturated rings. The van der Waals surface area contributed by atoms with Gasteiger partial charge in [-0.05, 0) is 24.1 Å². The van der Waals surface area contributed by atoms with Crippen LogP contribution in [0, 0.1) is 5.92 Å². The van der Waals surface area contributed by atoms with Gasteiger partial charge in [0.1, 0.15) is 0 Å². The number of amides is 3. The van der Waals surface area contributed by atoms with E-state index in [9.17, 15) is 27.6 Å². The first-order chi connectivity index (χ1) is 12.2. The van der Waals surface area contributed by atoms with E-state index in [2.05, 4.69) is 0 Å². The molecule has 2 heterocycles. The van der Waals surface area contributed by atoms with E-state index in [1.807, 2.05) is 0 Å². The Labute approximate surface area is 148 Å². The van der Waals surface area contributed by atoms with E-state index in [0.29, 0.717) is 31.6 Å². The number of alkyl halides is 3. The molecule has 0 bridgehead atoms. The quantitative estimate of drug-likeness (QED) is 0.749. The van der Waals surface area contributed by atoms with E-state index in [1.165, 1.54) is 17.0 Å². The third-order valence-electron chi connectivity index (χ3n) is 4.81. The number of hydrogen-bond donors (Lipinski definition) is 0. The first kappa shape index (κ1) is 18.4. The Bertz CT molecular complexity index is 693. The SMILES string of the molecule is O=C(CCc1ccc(C(F)(F)F)cc1)N1CC(CN2C(=O)CCC2=O)C1. The minimum atomic E-state index is -4.36. The zero-order valence-electron chi connectivity index (χ0n) is 14.1. The second-order valence-corrected chi connectivity index (χ2v) is 6.76. The second kappa shape index (κ2) is 7.09. The fourth-order valence-corrected chi connectivity index (χ4v) is 3.24. The van der Waals surface area contributed by atoms with Crippen molar-refractivity contribution in [3.05, 3.63) is 35.4 Å². The van der Waals surface area contributed by atoms with Gasteiger partial charge < -0.3 is 4.90 Å². The second-order valence-electron chi connectivity index (χ2n) is 6.76. The van der Waals surface area contributed by atoms with Gasteiger partial charge in [-0.1, -0.05) is 12.1 Å². The zero-order chi connectivity index (χ0) is 18.9. The molecule has 0 atom stereocenters. The van der Waals surface area contributed by atoms with Gasteiger partial charge in [0, 0.05) is 44.8 Å². The Balaban J connectivity index is 1.41. The smallest absolute Gasteiger partial charge is 0.342 e. The highest BCUT2D eigenvalue weighted by molar-refractivity contribution is 6.01. The molecule has 0 saturated carbocycles. The summed E-state index contributed by atoms with van der Waals surface area (Å²) in [5.41, 5.74) is -0.0270. The molecule has 5 nitrogen and oxygen atoms in total. The highest BCUT2D eigenvalue weighted by atomic mass is 19.4. The fourth-order valence-electron chi connectivity index (χ4n) is 3.24. The zero-order valence-corrected chi connectivity index (χ0v) is 14.1. The van der Waals surface area contributed by atoms with Gasteiger partial charge in [-0.2, -0.15) is 13.2 Å². The third kappa shape index (κ3) is 4.05. The molecule has 1 aromatic carbocycles. The summed E-state index contributed by atoms with van der Waals surface area (Å²) in [4.78, 5) is 38.2. The maximum absolute atomic E-state index is 12.5. The van der Waals surface area contributed by atoms with Crippen LogP contribution in [0.2, 0.25) is 0 Å². The number of imide groups is 1. The van der Waals surface area contributed by atoms with E-state index in [4.69, 9.17) is 0 Å². The molecule has 0 spiro atoms. The van der Waals surface area contributed by atoms with Gasteiger partial charge in [0.05, 0.1) is 5.56 Å². The molecule has 140 valence electrons. The number of rotatable bonds is 5. The van der Waals surface area contributed by atoms with Gasteiger partial charge >= 0.3 is 6.18 Å². The molecule has 0 radical (unpaired) electrons. The van der Waals surface area contributed by atoms with Crippen LogP contribution in [0.25, 0.3) is 0 Å². The Morgan fingerprint density at radius 1 is 1.04 bits per heavy atom. The summed E-state index contributed by atoms with van der Waals surface area (Å²) in [5, 5.41) is 0. The Kier molecular flexibility index (Phi) is 5.02. The number of carbonyl (C=O) groups excluding carboxylic acids is 3. The molecule has 2 saturated heterocycles. The molecule has 3 rings (SSSR count). The van der Waals surface area contributed by atoms with Crippen LogP contribution >= 0.6 is 0 Å². The normalized spacial score (nSPS) is 18.4. The first-order valence-corrected chi connectivity index (χ1v) is 8.51. The summed E-state index contributed by atoms with van der Waals surface area (Å²) in [7, 11) is 0. The number of halogens is 3. The molecule has 26 heavy (non-hydrogen) atoms. The van der Waals surface area contributed by atoms with Gasteiger partial charge in [-0.3, -0.25) is 19.3 Å². The van der Waals surface area contributed by atoms with Gasteiger partial charge in [0.25, 0.3) is 0 Å². The van der Waals surface area contributed by atoms with Crippen LogP contribution in [0.5, 0.6) is 0 Å². The Hall–Kier alpha value is -2.38. The molecule has 2 aliphatic heterocycles. The maximum Gasteiger partial charge on any atom is 0.416 e.